The van der Waals surface area contributed by atoms with Crippen molar-refractivity contribution < 1.29 is 4.79 Å². The molecule has 0 N–H and O–H groups in total. The molecule has 0 spiro atoms. The van der Waals surface area contributed by atoms with Gasteiger partial charge in [0.25, 0.3) is 0 Å². The van der Waals surface area contributed by atoms with Crippen LogP contribution in [0.25, 0.3) is 0 Å². The van der Waals surface area contributed by atoms with E-state index in [-0.39, 0.29) is 10.7 Å². The monoisotopic (exact) mass is 201 g/mol. The fourth-order valence-electron chi connectivity index (χ4n) is 1.01. The van der Waals surface area contributed by atoms with E-state index in [1.807, 2.05) is 5.38 Å². The van der Waals surface area contributed by atoms with E-state index in [9.17, 15) is 4.79 Å². The van der Waals surface area contributed by atoms with E-state index in [1.54, 1.807) is 0 Å². The number of aromatic nitrogens is 1. The number of alkyl halides is 1. The fraction of sp³-hybridized carbons (Fsp3) is 0.500. The Morgan fingerprint density at radius 3 is 2.83 bits per heavy atom. The first kappa shape index (κ1) is 8.20. The zero-order chi connectivity index (χ0) is 8.77. The van der Waals surface area contributed by atoms with Crippen molar-refractivity contribution in [2.45, 2.75) is 24.6 Å². The molecule has 1 heterocycles. The van der Waals surface area contributed by atoms with Crippen molar-refractivity contribution >= 4 is 28.7 Å². The lowest BCUT2D eigenvalue weighted by Gasteiger charge is -1.97. The Kier molecular flexibility index (Phi) is 1.73. The van der Waals surface area contributed by atoms with Crippen molar-refractivity contribution in [1.29, 1.82) is 0 Å². The van der Waals surface area contributed by atoms with Gasteiger partial charge in [0, 0.05) is 12.3 Å². The number of carbonyl (C=O) groups is 1. The normalized spacial score (nSPS) is 19.2. The molecule has 2 rings (SSSR count). The highest BCUT2D eigenvalue weighted by Crippen LogP contribution is 2.51. The predicted octanol–water partition coefficient (Wildman–Crippen LogP) is 2.57. The van der Waals surface area contributed by atoms with E-state index in [1.165, 1.54) is 18.3 Å². The van der Waals surface area contributed by atoms with Crippen LogP contribution in [0.1, 0.15) is 35.3 Å². The molecule has 0 aromatic carbocycles. The van der Waals surface area contributed by atoms with Gasteiger partial charge in [-0.25, -0.2) is 4.98 Å². The molecule has 1 aliphatic carbocycles. The van der Waals surface area contributed by atoms with E-state index >= 15 is 0 Å². The van der Waals surface area contributed by atoms with Gasteiger partial charge in [-0.3, -0.25) is 4.79 Å². The third-order valence-electron chi connectivity index (χ3n) is 1.95. The highest BCUT2D eigenvalue weighted by atomic mass is 35.5. The van der Waals surface area contributed by atoms with Crippen LogP contribution in [-0.4, -0.2) is 10.8 Å². The molecule has 0 radical (unpaired) electrons. The predicted molar refractivity (Wildman–Crippen MR) is 48.9 cm³/mol. The number of halogens is 1. The Morgan fingerprint density at radius 2 is 2.42 bits per heavy atom. The number of thiazole rings is 1. The molecule has 0 aliphatic heterocycles. The molecule has 0 unspecified atom stereocenters. The molecule has 0 atom stereocenters. The van der Waals surface area contributed by atoms with Crippen molar-refractivity contribution in [3.63, 3.8) is 0 Å². The van der Waals surface area contributed by atoms with Crippen LogP contribution in [0.3, 0.4) is 0 Å². The average molecular weight is 202 g/mol. The minimum absolute atomic E-state index is 0.0205. The summed E-state index contributed by atoms with van der Waals surface area (Å²) in [7, 11) is 0. The first-order chi connectivity index (χ1) is 5.62. The number of Topliss-reactive ketones (excluding diaryl/α,β-unsaturated/α-hetero) is 1. The van der Waals surface area contributed by atoms with E-state index in [0.29, 0.717) is 5.01 Å². The van der Waals surface area contributed by atoms with Gasteiger partial charge in [0.15, 0.2) is 10.8 Å². The van der Waals surface area contributed by atoms with E-state index in [0.717, 1.165) is 18.5 Å². The lowest BCUT2D eigenvalue weighted by atomic mass is 10.3. The van der Waals surface area contributed by atoms with Gasteiger partial charge in [0.05, 0.1) is 10.6 Å². The van der Waals surface area contributed by atoms with Crippen LogP contribution in [-0.2, 0) is 4.87 Å². The Balaban J connectivity index is 2.30. The number of hydrogen-bond donors (Lipinski definition) is 0. The zero-order valence-corrected chi connectivity index (χ0v) is 8.21. The number of nitrogens with zero attached hydrogens (tertiary/aromatic N) is 1. The molecule has 4 heteroatoms. The summed E-state index contributed by atoms with van der Waals surface area (Å²) in [5.41, 5.74) is 0.874. The Morgan fingerprint density at radius 1 is 1.75 bits per heavy atom. The third kappa shape index (κ3) is 1.27. The number of rotatable bonds is 2. The van der Waals surface area contributed by atoms with Gasteiger partial charge in [-0.05, 0) is 12.8 Å². The summed E-state index contributed by atoms with van der Waals surface area (Å²) < 4.78 is 0. The Bertz CT molecular complexity index is 330. The maximum atomic E-state index is 10.9. The largest absolute Gasteiger partial charge is 0.292 e. The molecule has 1 aromatic heterocycles. The van der Waals surface area contributed by atoms with Crippen LogP contribution < -0.4 is 0 Å². The molecule has 1 saturated carbocycles. The summed E-state index contributed by atoms with van der Waals surface area (Å²) >= 11 is 7.50. The molecule has 2 nitrogen and oxygen atoms in total. The van der Waals surface area contributed by atoms with Crippen LogP contribution in [0.2, 0.25) is 0 Å². The van der Waals surface area contributed by atoms with Crippen LogP contribution >= 0.6 is 22.9 Å². The van der Waals surface area contributed by atoms with Crippen LogP contribution in [0.4, 0.5) is 0 Å². The smallest absolute Gasteiger partial charge is 0.188 e. The standard InChI is InChI=1S/C8H8ClNOS/c1-5(11)7-10-6(4-12-7)8(9)2-3-8/h4H,2-3H2,1H3. The molecule has 0 saturated heterocycles. The molecular weight excluding hydrogens is 194 g/mol. The second kappa shape index (κ2) is 2.54. The van der Waals surface area contributed by atoms with Crippen LogP contribution in [0, 0.1) is 0 Å². The second-order valence-corrected chi connectivity index (χ2v) is 4.64. The van der Waals surface area contributed by atoms with E-state index in [4.69, 9.17) is 11.6 Å². The Labute approximate surface area is 79.6 Å². The van der Waals surface area contributed by atoms with Crippen LogP contribution in [0.5, 0.6) is 0 Å². The number of ketones is 1. The minimum Gasteiger partial charge on any atom is -0.292 e. The van der Waals surface area contributed by atoms with Gasteiger partial charge in [-0.2, -0.15) is 0 Å². The van der Waals surface area contributed by atoms with Gasteiger partial charge >= 0.3 is 0 Å². The van der Waals surface area contributed by atoms with Gasteiger partial charge in [0.2, 0.25) is 0 Å². The lowest BCUT2D eigenvalue weighted by Crippen LogP contribution is -1.98. The SMILES string of the molecule is CC(=O)c1nc(C2(Cl)CC2)cs1. The summed E-state index contributed by atoms with van der Waals surface area (Å²) in [6.07, 6.45) is 1.96. The molecule has 12 heavy (non-hydrogen) atoms. The summed E-state index contributed by atoms with van der Waals surface area (Å²) in [5.74, 6) is 0.0205. The summed E-state index contributed by atoms with van der Waals surface area (Å²) in [5, 5.41) is 2.45. The maximum absolute atomic E-state index is 10.9. The number of carbonyl (C=O) groups excluding carboxylic acids is 1. The van der Waals surface area contributed by atoms with Gasteiger partial charge < -0.3 is 0 Å². The first-order valence-corrected chi connectivity index (χ1v) is 5.03. The quantitative estimate of drug-likeness (QED) is 0.544. The number of hydrogen-bond acceptors (Lipinski definition) is 3. The Hall–Kier alpha value is -0.410. The van der Waals surface area contributed by atoms with Crippen LogP contribution in [0.15, 0.2) is 5.38 Å². The second-order valence-electron chi connectivity index (χ2n) is 3.06. The lowest BCUT2D eigenvalue weighted by molar-refractivity contribution is 0.101. The zero-order valence-electron chi connectivity index (χ0n) is 6.63. The van der Waals surface area contributed by atoms with Crippen molar-refractivity contribution in [3.05, 3.63) is 16.1 Å². The van der Waals surface area contributed by atoms with Crippen molar-refractivity contribution in [3.8, 4) is 0 Å². The molecule has 0 amide bonds. The maximum Gasteiger partial charge on any atom is 0.188 e. The average Bonchev–Trinajstić information content (AvgIpc) is 2.61. The molecular formula is C8H8ClNOS. The third-order valence-corrected chi connectivity index (χ3v) is 3.47. The summed E-state index contributed by atoms with van der Waals surface area (Å²) in [4.78, 5) is 14.9. The topological polar surface area (TPSA) is 30.0 Å². The first-order valence-electron chi connectivity index (χ1n) is 3.78. The molecule has 0 bridgehead atoms. The van der Waals surface area contributed by atoms with E-state index in [2.05, 4.69) is 4.98 Å². The molecule has 64 valence electrons. The summed E-state index contributed by atoms with van der Waals surface area (Å²) in [6.45, 7) is 1.52. The summed E-state index contributed by atoms with van der Waals surface area (Å²) in [6, 6.07) is 0. The van der Waals surface area contributed by atoms with Crippen molar-refractivity contribution in [2.75, 3.05) is 0 Å². The molecule has 1 aromatic rings. The molecule has 1 aliphatic rings. The van der Waals surface area contributed by atoms with Gasteiger partial charge in [0.1, 0.15) is 0 Å². The molecule has 1 fully saturated rings. The van der Waals surface area contributed by atoms with Crippen molar-refractivity contribution in [1.82, 2.24) is 4.98 Å². The highest BCUT2D eigenvalue weighted by Gasteiger charge is 2.44. The fourth-order valence-corrected chi connectivity index (χ4v) is 2.08. The van der Waals surface area contributed by atoms with Crippen molar-refractivity contribution in [2.24, 2.45) is 0 Å². The van der Waals surface area contributed by atoms with Gasteiger partial charge in [-0.1, -0.05) is 0 Å². The van der Waals surface area contributed by atoms with Gasteiger partial charge in [-0.15, -0.1) is 22.9 Å². The minimum atomic E-state index is -0.232. The van der Waals surface area contributed by atoms with E-state index < -0.39 is 0 Å². The highest BCUT2D eigenvalue weighted by molar-refractivity contribution is 7.11.